The van der Waals surface area contributed by atoms with Crippen LogP contribution in [0.2, 0.25) is 0 Å². The van der Waals surface area contributed by atoms with Crippen LogP contribution in [0.15, 0.2) is 0 Å². The van der Waals surface area contributed by atoms with E-state index in [2.05, 4.69) is 12.2 Å². The maximum Gasteiger partial charge on any atom is 0.326 e. The summed E-state index contributed by atoms with van der Waals surface area (Å²) in [7, 11) is 0. The van der Waals surface area contributed by atoms with E-state index in [0.717, 1.165) is 6.42 Å². The van der Waals surface area contributed by atoms with E-state index < -0.39 is 5.54 Å². The molecule has 0 fully saturated rings. The molecule has 2 unspecified atom stereocenters. The predicted octanol–water partition coefficient (Wildman–Crippen LogP) is 1.81. The normalized spacial score (nSPS) is 16.4. The van der Waals surface area contributed by atoms with Crippen LogP contribution in [-0.4, -0.2) is 46.9 Å². The topological polar surface area (TPSA) is 58.6 Å². The van der Waals surface area contributed by atoms with Gasteiger partial charge in [0.2, 0.25) is 0 Å². The van der Waals surface area contributed by atoms with E-state index in [4.69, 9.17) is 9.84 Å². The standard InChI is InChI=1S/C13H27NO3S/c1-6-17-12(16)13(5,14-10(2)3)9-18-11(4)7-8-15/h10-11,14-15H,6-9H2,1-5H3. The number of ether oxygens (including phenoxy) is 1. The highest BCUT2D eigenvalue weighted by atomic mass is 32.2. The molecule has 0 aromatic heterocycles. The van der Waals surface area contributed by atoms with E-state index in [9.17, 15) is 4.79 Å². The first-order valence-corrected chi connectivity index (χ1v) is 7.58. The number of aliphatic hydroxyl groups is 1. The molecule has 0 aromatic rings. The van der Waals surface area contributed by atoms with E-state index in [1.54, 1.807) is 11.8 Å². The van der Waals surface area contributed by atoms with E-state index in [0.29, 0.717) is 17.6 Å². The van der Waals surface area contributed by atoms with Gasteiger partial charge in [-0.25, -0.2) is 0 Å². The Bertz CT molecular complexity index is 248. The summed E-state index contributed by atoms with van der Waals surface area (Å²) >= 11 is 1.68. The minimum Gasteiger partial charge on any atom is -0.465 e. The molecule has 0 spiro atoms. The molecule has 0 aliphatic carbocycles. The first-order chi connectivity index (χ1) is 8.35. The molecule has 0 saturated heterocycles. The average molecular weight is 277 g/mol. The third-order valence-electron chi connectivity index (χ3n) is 2.53. The third-order valence-corrected chi connectivity index (χ3v) is 4.07. The molecule has 0 bridgehead atoms. The van der Waals surface area contributed by atoms with Gasteiger partial charge in [-0.1, -0.05) is 6.92 Å². The van der Waals surface area contributed by atoms with Gasteiger partial charge in [0.15, 0.2) is 0 Å². The number of aliphatic hydroxyl groups excluding tert-OH is 1. The summed E-state index contributed by atoms with van der Waals surface area (Å²) in [6.07, 6.45) is 0.741. The fourth-order valence-corrected chi connectivity index (χ4v) is 2.75. The number of thioether (sulfide) groups is 1. The molecule has 0 aromatic carbocycles. The Hall–Kier alpha value is -0.260. The quantitative estimate of drug-likeness (QED) is 0.630. The van der Waals surface area contributed by atoms with Crippen molar-refractivity contribution in [2.75, 3.05) is 19.0 Å². The molecule has 0 aliphatic rings. The van der Waals surface area contributed by atoms with E-state index >= 15 is 0 Å². The van der Waals surface area contributed by atoms with Crippen molar-refractivity contribution in [2.45, 2.75) is 57.9 Å². The second-order valence-corrected chi connectivity index (χ2v) is 6.41. The minimum absolute atomic E-state index is 0.182. The van der Waals surface area contributed by atoms with Gasteiger partial charge in [0, 0.05) is 23.7 Å². The predicted molar refractivity (Wildman–Crippen MR) is 76.9 cm³/mol. The molecule has 18 heavy (non-hydrogen) atoms. The maximum atomic E-state index is 12.0. The lowest BCUT2D eigenvalue weighted by atomic mass is 10.0. The lowest BCUT2D eigenvalue weighted by Crippen LogP contribution is -2.55. The first-order valence-electron chi connectivity index (χ1n) is 6.53. The van der Waals surface area contributed by atoms with Crippen LogP contribution in [0.25, 0.3) is 0 Å². The zero-order valence-electron chi connectivity index (χ0n) is 12.2. The van der Waals surface area contributed by atoms with Crippen LogP contribution in [-0.2, 0) is 9.53 Å². The van der Waals surface area contributed by atoms with Crippen LogP contribution in [0.3, 0.4) is 0 Å². The van der Waals surface area contributed by atoms with Crippen LogP contribution < -0.4 is 5.32 Å². The molecule has 0 heterocycles. The van der Waals surface area contributed by atoms with Gasteiger partial charge in [-0.05, 0) is 34.1 Å². The summed E-state index contributed by atoms with van der Waals surface area (Å²) in [6, 6.07) is 0.216. The van der Waals surface area contributed by atoms with Crippen molar-refractivity contribution >= 4 is 17.7 Å². The average Bonchev–Trinajstić information content (AvgIpc) is 2.26. The fourth-order valence-electron chi connectivity index (χ4n) is 1.66. The van der Waals surface area contributed by atoms with E-state index in [-0.39, 0.29) is 18.6 Å². The van der Waals surface area contributed by atoms with Gasteiger partial charge in [-0.3, -0.25) is 10.1 Å². The molecule has 2 N–H and O–H groups in total. The molecule has 0 saturated carbocycles. The second-order valence-electron chi connectivity index (χ2n) is 4.99. The van der Waals surface area contributed by atoms with Gasteiger partial charge in [0.05, 0.1) is 6.61 Å². The van der Waals surface area contributed by atoms with Crippen molar-refractivity contribution < 1.29 is 14.6 Å². The number of hydrogen-bond acceptors (Lipinski definition) is 5. The summed E-state index contributed by atoms with van der Waals surface area (Å²) in [5.41, 5.74) is -0.668. The Morgan fingerprint density at radius 3 is 2.50 bits per heavy atom. The molecule has 5 heteroatoms. The van der Waals surface area contributed by atoms with Crippen LogP contribution in [0.1, 0.15) is 41.0 Å². The zero-order valence-corrected chi connectivity index (χ0v) is 13.0. The van der Waals surface area contributed by atoms with Gasteiger partial charge in [0.1, 0.15) is 5.54 Å². The Morgan fingerprint density at radius 2 is 2.06 bits per heavy atom. The van der Waals surface area contributed by atoms with Gasteiger partial charge >= 0.3 is 5.97 Å². The SMILES string of the molecule is CCOC(=O)C(C)(CSC(C)CCO)NC(C)C. The second kappa shape index (κ2) is 8.77. The number of nitrogens with one attached hydrogen (secondary N) is 1. The van der Waals surface area contributed by atoms with Crippen molar-refractivity contribution in [1.82, 2.24) is 5.32 Å². The van der Waals surface area contributed by atoms with Gasteiger partial charge in [-0.2, -0.15) is 11.8 Å². The van der Waals surface area contributed by atoms with E-state index in [1.165, 1.54) is 0 Å². The van der Waals surface area contributed by atoms with Crippen molar-refractivity contribution in [3.63, 3.8) is 0 Å². The van der Waals surface area contributed by atoms with Crippen LogP contribution >= 0.6 is 11.8 Å². The summed E-state index contributed by atoms with van der Waals surface area (Å²) in [4.78, 5) is 12.0. The van der Waals surface area contributed by atoms with Gasteiger partial charge in [0.25, 0.3) is 0 Å². The minimum atomic E-state index is -0.668. The zero-order chi connectivity index (χ0) is 14.2. The summed E-state index contributed by atoms with van der Waals surface area (Å²) < 4.78 is 5.14. The lowest BCUT2D eigenvalue weighted by molar-refractivity contribution is -0.149. The van der Waals surface area contributed by atoms with Crippen LogP contribution in [0.5, 0.6) is 0 Å². The van der Waals surface area contributed by atoms with Crippen molar-refractivity contribution in [2.24, 2.45) is 0 Å². The first kappa shape index (κ1) is 17.7. The third kappa shape index (κ3) is 6.61. The molecule has 2 atom stereocenters. The lowest BCUT2D eigenvalue weighted by Gasteiger charge is -2.31. The summed E-state index contributed by atoms with van der Waals surface area (Å²) in [6.45, 7) is 10.4. The Kier molecular flexibility index (Phi) is 8.65. The molecular weight excluding hydrogens is 250 g/mol. The molecule has 108 valence electrons. The van der Waals surface area contributed by atoms with Crippen molar-refractivity contribution in [3.05, 3.63) is 0 Å². The van der Waals surface area contributed by atoms with Crippen molar-refractivity contribution in [1.29, 1.82) is 0 Å². The Morgan fingerprint density at radius 1 is 1.44 bits per heavy atom. The highest BCUT2D eigenvalue weighted by Crippen LogP contribution is 2.21. The Labute approximate surface area is 115 Å². The summed E-state index contributed by atoms with van der Waals surface area (Å²) in [5, 5.41) is 12.5. The maximum absolute atomic E-state index is 12.0. The van der Waals surface area contributed by atoms with Gasteiger partial charge in [-0.15, -0.1) is 0 Å². The number of hydrogen-bond donors (Lipinski definition) is 2. The molecule has 0 aliphatic heterocycles. The van der Waals surface area contributed by atoms with Crippen LogP contribution in [0, 0.1) is 0 Å². The highest BCUT2D eigenvalue weighted by molar-refractivity contribution is 8.00. The molecule has 0 radical (unpaired) electrons. The number of rotatable bonds is 9. The monoisotopic (exact) mass is 277 g/mol. The number of esters is 1. The van der Waals surface area contributed by atoms with Gasteiger partial charge < -0.3 is 9.84 Å². The van der Waals surface area contributed by atoms with Crippen molar-refractivity contribution in [3.8, 4) is 0 Å². The summed E-state index contributed by atoms with van der Waals surface area (Å²) in [5.74, 6) is 0.438. The number of carbonyl (C=O) groups excluding carboxylic acids is 1. The van der Waals surface area contributed by atoms with Crippen LogP contribution in [0.4, 0.5) is 0 Å². The molecule has 0 rings (SSSR count). The highest BCUT2D eigenvalue weighted by Gasteiger charge is 2.35. The smallest absolute Gasteiger partial charge is 0.326 e. The number of carbonyl (C=O) groups is 1. The molecular formula is C13H27NO3S. The van der Waals surface area contributed by atoms with E-state index in [1.807, 2.05) is 27.7 Å². The molecule has 4 nitrogen and oxygen atoms in total. The largest absolute Gasteiger partial charge is 0.465 e. The molecule has 0 amide bonds. The fraction of sp³-hybridized carbons (Fsp3) is 0.923. The Balaban J connectivity index is 4.51.